The van der Waals surface area contributed by atoms with Crippen molar-refractivity contribution in [3.63, 3.8) is 0 Å². The number of aryl methyl sites for hydroxylation is 1. The molecule has 0 amide bonds. The predicted molar refractivity (Wildman–Crippen MR) is 137 cm³/mol. The summed E-state index contributed by atoms with van der Waals surface area (Å²) in [6.07, 6.45) is 5.42. The van der Waals surface area contributed by atoms with Crippen LogP contribution < -0.4 is 15.5 Å². The van der Waals surface area contributed by atoms with E-state index >= 15 is 4.39 Å². The minimum absolute atomic E-state index is 0.0853. The highest BCUT2D eigenvalue weighted by molar-refractivity contribution is 7.90. The Labute approximate surface area is 208 Å². The zero-order valence-electron chi connectivity index (χ0n) is 19.5. The van der Waals surface area contributed by atoms with E-state index in [0.29, 0.717) is 21.9 Å². The van der Waals surface area contributed by atoms with Gasteiger partial charge in [-0.25, -0.2) is 12.8 Å². The normalized spacial score (nSPS) is 13.0. The Hall–Kier alpha value is -3.88. The van der Waals surface area contributed by atoms with Crippen LogP contribution in [0, 0.1) is 5.82 Å². The van der Waals surface area contributed by atoms with Crippen LogP contribution in [0.5, 0.6) is 17.2 Å². The minimum Gasteiger partial charge on any atom is -0.507 e. The highest BCUT2D eigenvalue weighted by Crippen LogP contribution is 2.43. The van der Waals surface area contributed by atoms with Gasteiger partial charge in [-0.1, -0.05) is 42.5 Å². The van der Waals surface area contributed by atoms with Gasteiger partial charge in [0, 0.05) is 22.6 Å². The van der Waals surface area contributed by atoms with Gasteiger partial charge in [0.2, 0.25) is 0 Å². The van der Waals surface area contributed by atoms with Crippen LogP contribution in [0.25, 0.3) is 28.0 Å². The Kier molecular flexibility index (Phi) is 6.15. The largest absolute Gasteiger partial charge is 0.507 e. The van der Waals surface area contributed by atoms with Gasteiger partial charge in [0.05, 0.1) is 12.9 Å². The van der Waals surface area contributed by atoms with Crippen LogP contribution in [0.3, 0.4) is 0 Å². The second-order valence-corrected chi connectivity index (χ2v) is 10.6. The summed E-state index contributed by atoms with van der Waals surface area (Å²) in [5.41, 5.74) is 2.57. The first-order chi connectivity index (χ1) is 17.3. The first kappa shape index (κ1) is 23.8. The van der Waals surface area contributed by atoms with Crippen molar-refractivity contribution in [2.24, 2.45) is 5.90 Å². The third-order valence-corrected chi connectivity index (χ3v) is 8.15. The number of ether oxygens (including phenoxy) is 1. The molecule has 5 rings (SSSR count). The molecule has 0 fully saturated rings. The lowest BCUT2D eigenvalue weighted by atomic mass is 9.87. The summed E-state index contributed by atoms with van der Waals surface area (Å²) >= 11 is 0. The van der Waals surface area contributed by atoms with Gasteiger partial charge in [-0.3, -0.25) is 0 Å². The summed E-state index contributed by atoms with van der Waals surface area (Å²) in [5, 5.41) is 12.2. The molecule has 4 aromatic carbocycles. The Bertz CT molecular complexity index is 1630. The molecule has 8 heteroatoms. The molecule has 4 aromatic rings. The van der Waals surface area contributed by atoms with E-state index in [2.05, 4.69) is 0 Å². The Morgan fingerprint density at radius 1 is 1.06 bits per heavy atom. The molecular formula is C28H24FNO5S. The van der Waals surface area contributed by atoms with E-state index in [1.165, 1.54) is 31.4 Å². The van der Waals surface area contributed by atoms with Gasteiger partial charge < -0.3 is 14.7 Å². The molecule has 36 heavy (non-hydrogen) atoms. The van der Waals surface area contributed by atoms with Crippen molar-refractivity contribution in [2.45, 2.75) is 23.5 Å². The number of allylic oxidation sites excluding steroid dienone is 1. The maximum Gasteiger partial charge on any atom is 0.186 e. The first-order valence-corrected chi connectivity index (χ1v) is 13.0. The predicted octanol–water partition coefficient (Wildman–Crippen LogP) is 5.55. The number of phenolic OH excluding ortho intramolecular Hbond substituents is 1. The molecule has 0 spiro atoms. The fraction of sp³-hybridized carbons (Fsp3) is 0.143. The van der Waals surface area contributed by atoms with E-state index in [-0.39, 0.29) is 33.3 Å². The summed E-state index contributed by atoms with van der Waals surface area (Å²) < 4.78 is 47.7. The van der Waals surface area contributed by atoms with E-state index < -0.39 is 21.4 Å². The van der Waals surface area contributed by atoms with E-state index in [1.807, 2.05) is 12.2 Å². The van der Waals surface area contributed by atoms with Crippen molar-refractivity contribution in [2.75, 3.05) is 7.11 Å². The first-order valence-electron chi connectivity index (χ1n) is 11.3. The van der Waals surface area contributed by atoms with Gasteiger partial charge in [0.25, 0.3) is 0 Å². The average molecular weight is 506 g/mol. The monoisotopic (exact) mass is 505 g/mol. The van der Waals surface area contributed by atoms with Crippen molar-refractivity contribution in [3.05, 3.63) is 89.2 Å². The number of aromatic hydroxyl groups is 1. The fourth-order valence-corrected chi connectivity index (χ4v) is 6.32. The van der Waals surface area contributed by atoms with Gasteiger partial charge in [0.1, 0.15) is 28.0 Å². The molecule has 0 heterocycles. The van der Waals surface area contributed by atoms with Crippen LogP contribution in [0.4, 0.5) is 4.39 Å². The van der Waals surface area contributed by atoms with Crippen molar-refractivity contribution in [1.29, 1.82) is 0 Å². The van der Waals surface area contributed by atoms with Crippen molar-refractivity contribution in [1.82, 2.24) is 0 Å². The van der Waals surface area contributed by atoms with Gasteiger partial charge in [0.15, 0.2) is 9.84 Å². The molecule has 184 valence electrons. The van der Waals surface area contributed by atoms with E-state index in [9.17, 15) is 13.5 Å². The average Bonchev–Trinajstić information content (AvgIpc) is 2.90. The number of halogens is 1. The second-order valence-electron chi connectivity index (χ2n) is 8.60. The van der Waals surface area contributed by atoms with Crippen LogP contribution in [0.2, 0.25) is 0 Å². The molecule has 0 radical (unpaired) electrons. The summed E-state index contributed by atoms with van der Waals surface area (Å²) in [4.78, 5) is 4.64. The lowest BCUT2D eigenvalue weighted by Gasteiger charge is -2.19. The zero-order valence-corrected chi connectivity index (χ0v) is 20.3. The van der Waals surface area contributed by atoms with Gasteiger partial charge in [-0.2, -0.15) is 5.90 Å². The van der Waals surface area contributed by atoms with Gasteiger partial charge in [-0.15, -0.1) is 0 Å². The summed E-state index contributed by atoms with van der Waals surface area (Å²) in [7, 11) is -2.59. The van der Waals surface area contributed by atoms with Crippen molar-refractivity contribution < 1.29 is 27.5 Å². The number of sulfone groups is 1. The number of benzene rings is 4. The third-order valence-electron chi connectivity index (χ3n) is 6.47. The summed E-state index contributed by atoms with van der Waals surface area (Å²) in [5.74, 6) is 4.54. The lowest BCUT2D eigenvalue weighted by Crippen LogP contribution is -2.09. The second kappa shape index (κ2) is 9.29. The quantitative estimate of drug-likeness (QED) is 0.334. The molecule has 0 saturated heterocycles. The van der Waals surface area contributed by atoms with Crippen LogP contribution in [0.1, 0.15) is 23.1 Å². The van der Waals surface area contributed by atoms with Crippen LogP contribution in [0.15, 0.2) is 71.6 Å². The molecule has 0 saturated carbocycles. The Morgan fingerprint density at radius 3 is 2.58 bits per heavy atom. The SMILES string of the molecule is COc1ccc(ON)cc1S(=O)(=O)Cc1cc(-c2c(F)ccc3c2C=CCC3)c(O)c2ccccc12. The Balaban J connectivity index is 1.73. The number of phenols is 1. The Morgan fingerprint density at radius 2 is 1.83 bits per heavy atom. The minimum atomic E-state index is -3.97. The van der Waals surface area contributed by atoms with Gasteiger partial charge >= 0.3 is 0 Å². The molecule has 0 aromatic heterocycles. The molecule has 6 nitrogen and oxygen atoms in total. The standard InChI is InChI=1S/C28H24FNO5S/c1-34-25-13-11-19(35-30)15-26(25)36(32,33)16-18-14-23(28(31)22-9-5-4-7-20(18)22)27-21-8-3-2-6-17(21)10-12-24(27)29/h3-5,7-15,31H,2,6,16,30H2,1H3. The highest BCUT2D eigenvalue weighted by Gasteiger charge is 2.26. The van der Waals surface area contributed by atoms with Gasteiger partial charge in [-0.05, 0) is 59.2 Å². The summed E-state index contributed by atoms with van der Waals surface area (Å²) in [6, 6.07) is 15.9. The van der Waals surface area contributed by atoms with Crippen LogP contribution >= 0.6 is 0 Å². The molecule has 0 aliphatic heterocycles. The lowest BCUT2D eigenvalue weighted by molar-refractivity contribution is 0.331. The molecular weight excluding hydrogens is 481 g/mol. The number of fused-ring (bicyclic) bond motifs is 2. The van der Waals surface area contributed by atoms with E-state index in [1.54, 1.807) is 36.4 Å². The topological polar surface area (TPSA) is 98.9 Å². The number of methoxy groups -OCH3 is 1. The molecule has 3 N–H and O–H groups in total. The number of hydrogen-bond acceptors (Lipinski definition) is 6. The molecule has 1 aliphatic rings. The molecule has 1 aliphatic carbocycles. The fourth-order valence-electron chi connectivity index (χ4n) is 4.76. The van der Waals surface area contributed by atoms with E-state index in [0.717, 1.165) is 18.4 Å². The third kappa shape index (κ3) is 4.08. The van der Waals surface area contributed by atoms with Crippen molar-refractivity contribution in [3.8, 4) is 28.4 Å². The molecule has 0 bridgehead atoms. The van der Waals surface area contributed by atoms with Crippen LogP contribution in [-0.2, 0) is 22.0 Å². The summed E-state index contributed by atoms with van der Waals surface area (Å²) in [6.45, 7) is 0. The smallest absolute Gasteiger partial charge is 0.186 e. The number of hydrogen-bond donors (Lipinski definition) is 2. The van der Waals surface area contributed by atoms with Crippen molar-refractivity contribution >= 4 is 26.7 Å². The maximum absolute atomic E-state index is 15.3. The van der Waals surface area contributed by atoms with E-state index in [4.69, 9.17) is 15.5 Å². The highest BCUT2D eigenvalue weighted by atomic mass is 32.2. The van der Waals surface area contributed by atoms with Crippen LogP contribution in [-0.4, -0.2) is 20.6 Å². The molecule has 0 atom stereocenters. The maximum atomic E-state index is 15.3. The number of rotatable bonds is 6. The zero-order chi connectivity index (χ0) is 25.4. The number of nitrogens with two attached hydrogens (primary N) is 1. The molecule has 0 unspecified atom stereocenters.